The van der Waals surface area contributed by atoms with E-state index in [0.717, 1.165) is 16.8 Å². The van der Waals surface area contributed by atoms with E-state index in [9.17, 15) is 9.90 Å². The number of aliphatic carboxylic acids is 1. The second-order valence-electron chi connectivity index (χ2n) is 4.82. The summed E-state index contributed by atoms with van der Waals surface area (Å²) in [7, 11) is 0. The molecule has 2 aromatic carbocycles. The number of carbonyl (C=O) groups is 1. The molecule has 0 aliphatic carbocycles. The highest BCUT2D eigenvalue weighted by molar-refractivity contribution is 5.80. The van der Waals surface area contributed by atoms with Gasteiger partial charge in [-0.2, -0.15) is 0 Å². The van der Waals surface area contributed by atoms with Gasteiger partial charge in [0.05, 0.1) is 12.0 Å². The monoisotopic (exact) mass is 253 g/mol. The Bertz CT molecular complexity index is 595. The first-order chi connectivity index (χ1) is 9.25. The Labute approximate surface area is 111 Å². The van der Waals surface area contributed by atoms with Crippen molar-refractivity contribution in [3.8, 4) is 0 Å². The van der Waals surface area contributed by atoms with Gasteiger partial charge in [0.1, 0.15) is 0 Å². The smallest absolute Gasteiger partial charge is 0.311 e. The first kappa shape index (κ1) is 11.8. The van der Waals surface area contributed by atoms with Gasteiger partial charge in [0.2, 0.25) is 0 Å². The van der Waals surface area contributed by atoms with Gasteiger partial charge in [0.15, 0.2) is 0 Å². The molecule has 1 aliphatic heterocycles. The molecule has 0 aromatic heterocycles. The molecule has 3 heteroatoms. The van der Waals surface area contributed by atoms with Crippen molar-refractivity contribution in [1.29, 1.82) is 0 Å². The Hall–Kier alpha value is -2.29. The molecule has 3 rings (SSSR count). The van der Waals surface area contributed by atoms with E-state index in [1.165, 1.54) is 0 Å². The molecule has 0 saturated heterocycles. The summed E-state index contributed by atoms with van der Waals surface area (Å²) in [6.07, 6.45) is 0.580. The third-order valence-electron chi connectivity index (χ3n) is 3.64. The highest BCUT2D eigenvalue weighted by Crippen LogP contribution is 2.39. The normalized spacial score (nSPS) is 21.3. The largest absolute Gasteiger partial charge is 0.481 e. The zero-order valence-corrected chi connectivity index (χ0v) is 10.4. The molecule has 0 amide bonds. The van der Waals surface area contributed by atoms with Crippen molar-refractivity contribution in [1.82, 2.24) is 0 Å². The molecule has 1 heterocycles. The van der Waals surface area contributed by atoms with Crippen LogP contribution in [0.4, 0.5) is 5.69 Å². The van der Waals surface area contributed by atoms with Crippen molar-refractivity contribution in [2.75, 3.05) is 5.32 Å². The van der Waals surface area contributed by atoms with Crippen LogP contribution in [0.1, 0.15) is 29.5 Å². The number of carboxylic acid groups (broad SMARTS) is 1. The Morgan fingerprint density at radius 3 is 2.47 bits per heavy atom. The van der Waals surface area contributed by atoms with E-state index >= 15 is 0 Å². The number of rotatable bonds is 2. The topological polar surface area (TPSA) is 49.3 Å². The van der Waals surface area contributed by atoms with E-state index in [-0.39, 0.29) is 6.04 Å². The second-order valence-corrected chi connectivity index (χ2v) is 4.82. The molecule has 0 bridgehead atoms. The number of hydrogen-bond acceptors (Lipinski definition) is 2. The Balaban J connectivity index is 1.99. The fourth-order valence-electron chi connectivity index (χ4n) is 2.68. The van der Waals surface area contributed by atoms with Crippen LogP contribution in [0.3, 0.4) is 0 Å². The van der Waals surface area contributed by atoms with E-state index in [1.807, 2.05) is 54.6 Å². The standard InChI is InChI=1S/C16H15NO2/c18-16(19)13-10-15(11-6-2-1-3-7-11)17-14-9-5-4-8-12(13)14/h1-9,13,15,17H,10H2,(H,18,19). The Morgan fingerprint density at radius 1 is 1.05 bits per heavy atom. The van der Waals surface area contributed by atoms with E-state index in [0.29, 0.717) is 6.42 Å². The van der Waals surface area contributed by atoms with Gasteiger partial charge in [0, 0.05) is 5.69 Å². The lowest BCUT2D eigenvalue weighted by atomic mass is 9.84. The van der Waals surface area contributed by atoms with E-state index in [4.69, 9.17) is 0 Å². The SMILES string of the molecule is O=C(O)C1CC(c2ccccc2)Nc2ccccc21. The van der Waals surface area contributed by atoms with Gasteiger partial charge in [-0.25, -0.2) is 0 Å². The molecule has 0 fully saturated rings. The molecule has 3 nitrogen and oxygen atoms in total. The quantitative estimate of drug-likeness (QED) is 0.862. The minimum absolute atomic E-state index is 0.0530. The Morgan fingerprint density at radius 2 is 1.74 bits per heavy atom. The predicted octanol–water partition coefficient (Wildman–Crippen LogP) is 3.41. The highest BCUT2D eigenvalue weighted by atomic mass is 16.4. The lowest BCUT2D eigenvalue weighted by Gasteiger charge is -2.31. The maximum absolute atomic E-state index is 11.5. The van der Waals surface area contributed by atoms with Crippen molar-refractivity contribution in [3.63, 3.8) is 0 Å². The van der Waals surface area contributed by atoms with Crippen molar-refractivity contribution in [3.05, 3.63) is 65.7 Å². The summed E-state index contributed by atoms with van der Waals surface area (Å²) in [5.41, 5.74) is 2.93. The summed E-state index contributed by atoms with van der Waals surface area (Å²) in [4.78, 5) is 11.5. The molecule has 2 N–H and O–H groups in total. The van der Waals surface area contributed by atoms with Crippen molar-refractivity contribution in [2.45, 2.75) is 18.4 Å². The summed E-state index contributed by atoms with van der Waals surface area (Å²) in [6.45, 7) is 0. The van der Waals surface area contributed by atoms with Crippen LogP contribution in [0.2, 0.25) is 0 Å². The number of anilines is 1. The summed E-state index contributed by atoms with van der Waals surface area (Å²) in [5, 5.41) is 12.9. The highest BCUT2D eigenvalue weighted by Gasteiger charge is 2.31. The number of hydrogen-bond donors (Lipinski definition) is 2. The van der Waals surface area contributed by atoms with Gasteiger partial charge >= 0.3 is 5.97 Å². The van der Waals surface area contributed by atoms with Crippen LogP contribution in [-0.4, -0.2) is 11.1 Å². The number of fused-ring (bicyclic) bond motifs is 1. The van der Waals surface area contributed by atoms with Crippen LogP contribution in [0.15, 0.2) is 54.6 Å². The fraction of sp³-hybridized carbons (Fsp3) is 0.188. The van der Waals surface area contributed by atoms with E-state index < -0.39 is 11.9 Å². The van der Waals surface area contributed by atoms with Gasteiger partial charge in [-0.05, 0) is 23.6 Å². The third-order valence-corrected chi connectivity index (χ3v) is 3.64. The predicted molar refractivity (Wildman–Crippen MR) is 74.2 cm³/mol. The molecule has 0 saturated carbocycles. The lowest BCUT2D eigenvalue weighted by Crippen LogP contribution is -2.25. The minimum atomic E-state index is -0.755. The second kappa shape index (κ2) is 4.76. The molecule has 2 unspecified atom stereocenters. The molecular weight excluding hydrogens is 238 g/mol. The number of benzene rings is 2. The summed E-state index contributed by atoms with van der Waals surface area (Å²) in [5.74, 6) is -1.20. The van der Waals surface area contributed by atoms with Crippen LogP contribution in [0.25, 0.3) is 0 Å². The van der Waals surface area contributed by atoms with Crippen LogP contribution < -0.4 is 5.32 Å². The molecule has 0 radical (unpaired) electrons. The van der Waals surface area contributed by atoms with Crippen molar-refractivity contribution >= 4 is 11.7 Å². The number of carboxylic acids is 1. The van der Waals surface area contributed by atoms with Crippen LogP contribution in [-0.2, 0) is 4.79 Å². The van der Waals surface area contributed by atoms with Crippen LogP contribution in [0.5, 0.6) is 0 Å². The molecule has 19 heavy (non-hydrogen) atoms. The van der Waals surface area contributed by atoms with Crippen molar-refractivity contribution < 1.29 is 9.90 Å². The molecular formula is C16H15NO2. The number of para-hydroxylation sites is 1. The molecule has 96 valence electrons. The summed E-state index contributed by atoms with van der Waals surface area (Å²) < 4.78 is 0. The maximum atomic E-state index is 11.5. The fourth-order valence-corrected chi connectivity index (χ4v) is 2.68. The van der Waals surface area contributed by atoms with E-state index in [2.05, 4.69) is 5.32 Å². The van der Waals surface area contributed by atoms with Crippen LogP contribution >= 0.6 is 0 Å². The third kappa shape index (κ3) is 2.19. The maximum Gasteiger partial charge on any atom is 0.311 e. The summed E-state index contributed by atoms with van der Waals surface area (Å²) >= 11 is 0. The van der Waals surface area contributed by atoms with Gasteiger partial charge in [-0.15, -0.1) is 0 Å². The molecule has 1 aliphatic rings. The average Bonchev–Trinajstić information content (AvgIpc) is 2.47. The number of nitrogens with one attached hydrogen (secondary N) is 1. The Kier molecular flexibility index (Phi) is 2.95. The van der Waals surface area contributed by atoms with Gasteiger partial charge in [-0.3, -0.25) is 4.79 Å². The zero-order chi connectivity index (χ0) is 13.2. The minimum Gasteiger partial charge on any atom is -0.481 e. The van der Waals surface area contributed by atoms with Crippen LogP contribution in [0, 0.1) is 0 Å². The van der Waals surface area contributed by atoms with Gasteiger partial charge < -0.3 is 10.4 Å². The first-order valence-electron chi connectivity index (χ1n) is 6.39. The summed E-state index contributed by atoms with van der Waals surface area (Å²) in [6, 6.07) is 17.7. The lowest BCUT2D eigenvalue weighted by molar-refractivity contribution is -0.139. The molecule has 0 spiro atoms. The van der Waals surface area contributed by atoms with Crippen molar-refractivity contribution in [2.24, 2.45) is 0 Å². The first-order valence-corrected chi connectivity index (χ1v) is 6.39. The van der Waals surface area contributed by atoms with E-state index in [1.54, 1.807) is 0 Å². The molecule has 2 aromatic rings. The average molecular weight is 253 g/mol. The van der Waals surface area contributed by atoms with Gasteiger partial charge in [0.25, 0.3) is 0 Å². The van der Waals surface area contributed by atoms with Gasteiger partial charge in [-0.1, -0.05) is 48.5 Å². The zero-order valence-electron chi connectivity index (χ0n) is 10.4. The molecule has 2 atom stereocenters.